The summed E-state index contributed by atoms with van der Waals surface area (Å²) in [6, 6.07) is 7.32. The molecule has 6 heteroatoms. The molecule has 19 heavy (non-hydrogen) atoms. The topological polar surface area (TPSA) is 70.5 Å². The van der Waals surface area contributed by atoms with E-state index in [0.717, 1.165) is 22.8 Å². The third-order valence-electron chi connectivity index (χ3n) is 2.88. The molecule has 0 amide bonds. The van der Waals surface area contributed by atoms with Crippen LogP contribution in [0.3, 0.4) is 0 Å². The normalized spacial score (nSPS) is 15.0. The lowest BCUT2D eigenvalue weighted by Crippen LogP contribution is -2.31. The number of thioether (sulfide) groups is 1. The van der Waals surface area contributed by atoms with Gasteiger partial charge in [-0.1, -0.05) is 5.16 Å². The highest BCUT2D eigenvalue weighted by Gasteiger charge is 2.22. The second-order valence-electron chi connectivity index (χ2n) is 4.26. The molecule has 100 valence electrons. The monoisotopic (exact) mass is 278 g/mol. The van der Waals surface area contributed by atoms with Crippen LogP contribution in [0.5, 0.6) is 11.5 Å². The van der Waals surface area contributed by atoms with Crippen LogP contribution < -0.4 is 15.2 Å². The van der Waals surface area contributed by atoms with E-state index in [1.54, 1.807) is 13.2 Å². The predicted octanol–water partition coefficient (Wildman–Crippen LogP) is 2.43. The van der Waals surface area contributed by atoms with E-state index in [-0.39, 0.29) is 6.10 Å². The number of ether oxygens (including phenoxy) is 2. The predicted molar refractivity (Wildman–Crippen MR) is 74.6 cm³/mol. The zero-order chi connectivity index (χ0) is 13.2. The van der Waals surface area contributed by atoms with Crippen molar-refractivity contribution in [2.45, 2.75) is 6.10 Å². The standard InChI is InChI=1S/C13H14N2O3S/c1-16-10-3-2-8(11-5-13(14)15-18-11)4-12(10)17-9-6-19-7-9/h2-5,9H,6-7H2,1H3,(H2,14,15). The number of hydrogen-bond acceptors (Lipinski definition) is 6. The summed E-state index contributed by atoms with van der Waals surface area (Å²) >= 11 is 1.87. The first-order valence-corrected chi connectivity index (χ1v) is 7.07. The first-order valence-electron chi connectivity index (χ1n) is 5.91. The molecule has 2 aromatic rings. The second-order valence-corrected chi connectivity index (χ2v) is 5.33. The fourth-order valence-corrected chi connectivity index (χ4v) is 2.37. The van der Waals surface area contributed by atoms with Gasteiger partial charge >= 0.3 is 0 Å². The molecule has 0 atom stereocenters. The van der Waals surface area contributed by atoms with E-state index in [1.165, 1.54) is 0 Å². The summed E-state index contributed by atoms with van der Waals surface area (Å²) in [5, 5.41) is 3.68. The third kappa shape index (κ3) is 2.49. The van der Waals surface area contributed by atoms with E-state index in [1.807, 2.05) is 30.0 Å². The van der Waals surface area contributed by atoms with Gasteiger partial charge in [0.25, 0.3) is 0 Å². The van der Waals surface area contributed by atoms with Gasteiger partial charge in [0, 0.05) is 23.1 Å². The van der Waals surface area contributed by atoms with Gasteiger partial charge in [-0.05, 0) is 18.2 Å². The van der Waals surface area contributed by atoms with Gasteiger partial charge in [0.2, 0.25) is 0 Å². The highest BCUT2D eigenvalue weighted by molar-refractivity contribution is 8.00. The number of nitrogens with zero attached hydrogens (tertiary/aromatic N) is 1. The maximum Gasteiger partial charge on any atom is 0.169 e. The number of methoxy groups -OCH3 is 1. The summed E-state index contributed by atoms with van der Waals surface area (Å²) in [5.74, 6) is 4.45. The van der Waals surface area contributed by atoms with E-state index in [0.29, 0.717) is 17.3 Å². The zero-order valence-electron chi connectivity index (χ0n) is 10.5. The first kappa shape index (κ1) is 12.2. The Kier molecular flexibility index (Phi) is 3.25. The fraction of sp³-hybridized carbons (Fsp3) is 0.308. The molecular formula is C13H14N2O3S. The number of rotatable bonds is 4. The minimum absolute atomic E-state index is 0.258. The van der Waals surface area contributed by atoms with Crippen molar-refractivity contribution in [1.29, 1.82) is 0 Å². The Morgan fingerprint density at radius 1 is 1.32 bits per heavy atom. The Bertz CT molecular complexity index is 581. The first-order chi connectivity index (χ1) is 9.26. The highest BCUT2D eigenvalue weighted by atomic mass is 32.2. The summed E-state index contributed by atoms with van der Waals surface area (Å²) in [5.41, 5.74) is 6.43. The van der Waals surface area contributed by atoms with E-state index < -0.39 is 0 Å². The molecule has 1 aliphatic rings. The van der Waals surface area contributed by atoms with E-state index in [4.69, 9.17) is 19.7 Å². The SMILES string of the molecule is COc1ccc(-c2cc(N)no2)cc1OC1CSC1. The van der Waals surface area contributed by atoms with Gasteiger partial charge in [0.15, 0.2) is 23.1 Å². The smallest absolute Gasteiger partial charge is 0.169 e. The molecule has 1 aliphatic heterocycles. The molecule has 1 aromatic carbocycles. The van der Waals surface area contributed by atoms with Gasteiger partial charge in [-0.25, -0.2) is 0 Å². The average Bonchev–Trinajstić information content (AvgIpc) is 2.80. The van der Waals surface area contributed by atoms with Crippen molar-refractivity contribution < 1.29 is 14.0 Å². The summed E-state index contributed by atoms with van der Waals surface area (Å²) < 4.78 is 16.4. The Morgan fingerprint density at radius 3 is 2.74 bits per heavy atom. The minimum atomic E-state index is 0.258. The molecule has 2 N–H and O–H groups in total. The van der Waals surface area contributed by atoms with Crippen molar-refractivity contribution in [3.63, 3.8) is 0 Å². The van der Waals surface area contributed by atoms with Crippen molar-refractivity contribution in [2.24, 2.45) is 0 Å². The maximum atomic E-state index is 5.90. The van der Waals surface area contributed by atoms with Gasteiger partial charge in [0.1, 0.15) is 6.10 Å². The summed E-state index contributed by atoms with van der Waals surface area (Å²) in [6.45, 7) is 0. The van der Waals surface area contributed by atoms with Crippen molar-refractivity contribution in [2.75, 3.05) is 24.3 Å². The van der Waals surface area contributed by atoms with Crippen LogP contribution in [-0.2, 0) is 0 Å². The molecule has 3 rings (SSSR count). The average molecular weight is 278 g/mol. The van der Waals surface area contributed by atoms with Gasteiger partial charge in [0.05, 0.1) is 7.11 Å². The molecule has 0 aliphatic carbocycles. The van der Waals surface area contributed by atoms with Crippen LogP contribution in [0.4, 0.5) is 5.82 Å². The number of hydrogen-bond donors (Lipinski definition) is 1. The Morgan fingerprint density at radius 2 is 2.16 bits per heavy atom. The molecule has 1 aromatic heterocycles. The number of nitrogen functional groups attached to an aromatic ring is 1. The Hall–Kier alpha value is -1.82. The van der Waals surface area contributed by atoms with E-state index in [9.17, 15) is 0 Å². The van der Waals surface area contributed by atoms with Crippen molar-refractivity contribution in [3.05, 3.63) is 24.3 Å². The number of nitrogens with two attached hydrogens (primary N) is 1. The summed E-state index contributed by atoms with van der Waals surface area (Å²) in [4.78, 5) is 0. The Labute approximate surface area is 115 Å². The molecule has 1 saturated heterocycles. The Balaban J connectivity index is 1.91. The quantitative estimate of drug-likeness (QED) is 0.926. The van der Waals surface area contributed by atoms with E-state index >= 15 is 0 Å². The van der Waals surface area contributed by atoms with Crippen LogP contribution in [-0.4, -0.2) is 29.9 Å². The lowest BCUT2D eigenvalue weighted by molar-refractivity contribution is 0.228. The van der Waals surface area contributed by atoms with Crippen LogP contribution in [0, 0.1) is 0 Å². The van der Waals surface area contributed by atoms with Crippen LogP contribution in [0.15, 0.2) is 28.8 Å². The van der Waals surface area contributed by atoms with Gasteiger partial charge in [-0.2, -0.15) is 11.8 Å². The molecule has 0 radical (unpaired) electrons. The molecule has 0 unspecified atom stereocenters. The lowest BCUT2D eigenvalue weighted by atomic mass is 10.1. The molecular weight excluding hydrogens is 264 g/mol. The van der Waals surface area contributed by atoms with Crippen LogP contribution in [0.2, 0.25) is 0 Å². The second kappa shape index (κ2) is 5.05. The third-order valence-corrected chi connectivity index (χ3v) is 4.09. The van der Waals surface area contributed by atoms with Gasteiger partial charge in [-0.3, -0.25) is 0 Å². The van der Waals surface area contributed by atoms with E-state index in [2.05, 4.69) is 5.16 Å². The largest absolute Gasteiger partial charge is 0.493 e. The number of aromatic nitrogens is 1. The van der Waals surface area contributed by atoms with Crippen LogP contribution in [0.1, 0.15) is 0 Å². The minimum Gasteiger partial charge on any atom is -0.493 e. The van der Waals surface area contributed by atoms with Crippen LogP contribution >= 0.6 is 11.8 Å². The molecule has 2 heterocycles. The molecule has 1 fully saturated rings. The highest BCUT2D eigenvalue weighted by Crippen LogP contribution is 2.35. The lowest BCUT2D eigenvalue weighted by Gasteiger charge is -2.26. The maximum absolute atomic E-state index is 5.90. The summed E-state index contributed by atoms with van der Waals surface area (Å²) in [6.07, 6.45) is 0.258. The fourth-order valence-electron chi connectivity index (χ4n) is 1.81. The van der Waals surface area contributed by atoms with Crippen LogP contribution in [0.25, 0.3) is 11.3 Å². The molecule has 0 saturated carbocycles. The zero-order valence-corrected chi connectivity index (χ0v) is 11.3. The number of benzene rings is 1. The van der Waals surface area contributed by atoms with Gasteiger partial charge in [-0.15, -0.1) is 0 Å². The molecule has 5 nitrogen and oxygen atoms in total. The molecule has 0 bridgehead atoms. The van der Waals surface area contributed by atoms with Crippen molar-refractivity contribution >= 4 is 17.6 Å². The van der Waals surface area contributed by atoms with Gasteiger partial charge < -0.3 is 19.7 Å². The number of anilines is 1. The van der Waals surface area contributed by atoms with Crippen molar-refractivity contribution in [3.8, 4) is 22.8 Å². The molecule has 0 spiro atoms. The van der Waals surface area contributed by atoms with Crippen molar-refractivity contribution in [1.82, 2.24) is 5.16 Å². The summed E-state index contributed by atoms with van der Waals surface area (Å²) in [7, 11) is 1.63.